The van der Waals surface area contributed by atoms with Gasteiger partial charge in [0.1, 0.15) is 3.70 Å². The van der Waals surface area contributed by atoms with Crippen molar-refractivity contribution in [3.63, 3.8) is 0 Å². The highest BCUT2D eigenvalue weighted by Crippen LogP contribution is 2.19. The van der Waals surface area contributed by atoms with Gasteiger partial charge in [-0.3, -0.25) is 0 Å². The maximum Gasteiger partial charge on any atom is 0.157 e. The minimum atomic E-state index is 0.920. The summed E-state index contributed by atoms with van der Waals surface area (Å²) in [6, 6.07) is 7.97. The van der Waals surface area contributed by atoms with Crippen LogP contribution in [-0.2, 0) is 0 Å². The number of nitrogens with zero attached hydrogens (tertiary/aromatic N) is 3. The van der Waals surface area contributed by atoms with Crippen molar-refractivity contribution in [1.29, 1.82) is 0 Å². The molecule has 0 spiro atoms. The lowest BCUT2D eigenvalue weighted by Crippen LogP contribution is -1.98. The molecule has 2 rings (SSSR count). The van der Waals surface area contributed by atoms with Gasteiger partial charge in [0, 0.05) is 4.47 Å². The Bertz CT molecular complexity index is 469. The second-order valence-electron chi connectivity index (χ2n) is 2.56. The van der Waals surface area contributed by atoms with Crippen LogP contribution in [0.5, 0.6) is 0 Å². The normalized spacial score (nSPS) is 10.5. The van der Waals surface area contributed by atoms with E-state index < -0.39 is 0 Å². The molecular formula is C8H4BrI2N3. The Morgan fingerprint density at radius 3 is 2.64 bits per heavy atom. The highest BCUT2D eigenvalue weighted by Gasteiger charge is 2.08. The van der Waals surface area contributed by atoms with Crippen LogP contribution < -0.4 is 0 Å². The summed E-state index contributed by atoms with van der Waals surface area (Å²) < 4.78 is 4.80. The first-order valence-electron chi connectivity index (χ1n) is 3.71. The third-order valence-corrected chi connectivity index (χ3v) is 4.85. The summed E-state index contributed by atoms with van der Waals surface area (Å²) in [5.41, 5.74) is 1.01. The summed E-state index contributed by atoms with van der Waals surface area (Å²) in [5.74, 6) is 0. The van der Waals surface area contributed by atoms with Gasteiger partial charge in [-0.2, -0.15) is 0 Å². The Morgan fingerprint density at radius 2 is 2.07 bits per heavy atom. The molecule has 0 bridgehead atoms. The fourth-order valence-corrected chi connectivity index (χ4v) is 2.22. The number of benzene rings is 1. The first-order valence-corrected chi connectivity index (χ1v) is 6.66. The molecule has 0 amide bonds. The van der Waals surface area contributed by atoms with E-state index in [0.717, 1.165) is 17.6 Å². The van der Waals surface area contributed by atoms with Gasteiger partial charge >= 0.3 is 0 Å². The van der Waals surface area contributed by atoms with Crippen molar-refractivity contribution in [3.05, 3.63) is 36.1 Å². The van der Waals surface area contributed by atoms with Crippen molar-refractivity contribution in [2.45, 2.75) is 0 Å². The van der Waals surface area contributed by atoms with Crippen LogP contribution in [0.4, 0.5) is 0 Å². The number of aromatic nitrogens is 3. The zero-order valence-electron chi connectivity index (χ0n) is 6.78. The molecule has 72 valence electrons. The van der Waals surface area contributed by atoms with Gasteiger partial charge in [-0.1, -0.05) is 27.2 Å². The van der Waals surface area contributed by atoms with Crippen LogP contribution in [0.2, 0.25) is 0 Å². The van der Waals surface area contributed by atoms with Crippen LogP contribution >= 0.6 is 61.1 Å². The van der Waals surface area contributed by atoms with E-state index in [2.05, 4.69) is 71.4 Å². The molecule has 0 aliphatic heterocycles. The lowest BCUT2D eigenvalue weighted by atomic mass is 10.3. The fourth-order valence-electron chi connectivity index (χ4n) is 1.02. The fraction of sp³-hybridized carbons (Fsp3) is 0. The van der Waals surface area contributed by atoms with Crippen molar-refractivity contribution in [1.82, 2.24) is 15.0 Å². The molecule has 0 fully saturated rings. The Hall–Kier alpha value is 0.300. The molecule has 0 aliphatic carbocycles. The molecule has 6 heteroatoms. The van der Waals surface area contributed by atoms with E-state index in [9.17, 15) is 0 Å². The Morgan fingerprint density at radius 1 is 1.29 bits per heavy atom. The van der Waals surface area contributed by atoms with Gasteiger partial charge in [-0.15, -0.1) is 5.10 Å². The topological polar surface area (TPSA) is 30.7 Å². The largest absolute Gasteiger partial charge is 0.206 e. The summed E-state index contributed by atoms with van der Waals surface area (Å²) in [6.45, 7) is 0. The van der Waals surface area contributed by atoms with E-state index in [-0.39, 0.29) is 0 Å². The molecule has 0 aliphatic rings. The second-order valence-corrected chi connectivity index (χ2v) is 5.52. The van der Waals surface area contributed by atoms with Gasteiger partial charge in [-0.25, -0.2) is 4.68 Å². The molecule has 1 aromatic heterocycles. The minimum absolute atomic E-state index is 0.920. The highest BCUT2D eigenvalue weighted by atomic mass is 127. The van der Waals surface area contributed by atoms with Crippen LogP contribution in [0.15, 0.2) is 28.7 Å². The highest BCUT2D eigenvalue weighted by molar-refractivity contribution is 14.1. The molecule has 14 heavy (non-hydrogen) atoms. The monoisotopic (exact) mass is 475 g/mol. The van der Waals surface area contributed by atoms with E-state index >= 15 is 0 Å². The first-order chi connectivity index (χ1) is 6.68. The molecule has 0 radical (unpaired) electrons. The zero-order valence-corrected chi connectivity index (χ0v) is 12.7. The molecule has 0 atom stereocenters. The number of rotatable bonds is 1. The summed E-state index contributed by atoms with van der Waals surface area (Å²) >= 11 is 7.82. The van der Waals surface area contributed by atoms with Gasteiger partial charge in [-0.05, 0) is 63.4 Å². The third-order valence-electron chi connectivity index (χ3n) is 1.63. The average Bonchev–Trinajstić information content (AvgIpc) is 2.48. The molecule has 1 aromatic carbocycles. The molecule has 0 saturated carbocycles. The van der Waals surface area contributed by atoms with Crippen molar-refractivity contribution in [3.8, 4) is 5.69 Å². The van der Waals surface area contributed by atoms with Gasteiger partial charge in [0.25, 0.3) is 0 Å². The summed E-state index contributed by atoms with van der Waals surface area (Å²) in [6.07, 6.45) is 0. The van der Waals surface area contributed by atoms with Crippen LogP contribution in [0.25, 0.3) is 5.69 Å². The van der Waals surface area contributed by atoms with Crippen molar-refractivity contribution >= 4 is 61.1 Å². The number of hydrogen-bond acceptors (Lipinski definition) is 2. The van der Waals surface area contributed by atoms with E-state index in [1.807, 2.05) is 28.9 Å². The smallest absolute Gasteiger partial charge is 0.157 e. The Kier molecular flexibility index (Phi) is 3.42. The maximum absolute atomic E-state index is 4.06. The zero-order chi connectivity index (χ0) is 10.1. The predicted octanol–water partition coefficient (Wildman–Crippen LogP) is 3.24. The number of halogens is 3. The second kappa shape index (κ2) is 4.44. The Labute approximate surface area is 117 Å². The van der Waals surface area contributed by atoms with Crippen LogP contribution in [-0.4, -0.2) is 15.0 Å². The van der Waals surface area contributed by atoms with Gasteiger partial charge in [0.2, 0.25) is 0 Å². The summed E-state index contributed by atoms with van der Waals surface area (Å²) in [4.78, 5) is 0. The lowest BCUT2D eigenvalue weighted by Gasteiger charge is -2.01. The number of hydrogen-bond donors (Lipinski definition) is 0. The van der Waals surface area contributed by atoms with E-state index in [4.69, 9.17) is 0 Å². The van der Waals surface area contributed by atoms with Gasteiger partial charge in [0.05, 0.1) is 5.69 Å². The van der Waals surface area contributed by atoms with Crippen molar-refractivity contribution in [2.75, 3.05) is 0 Å². The first kappa shape index (κ1) is 10.8. The van der Waals surface area contributed by atoms with E-state index in [1.165, 1.54) is 0 Å². The summed E-state index contributed by atoms with van der Waals surface area (Å²) in [7, 11) is 0. The molecular weight excluding hydrogens is 472 g/mol. The molecule has 1 heterocycles. The van der Waals surface area contributed by atoms with E-state index in [1.54, 1.807) is 0 Å². The van der Waals surface area contributed by atoms with Crippen LogP contribution in [0.3, 0.4) is 0 Å². The SMILES string of the molecule is Brc1cccc(-n2nnc(I)c2I)c1. The maximum atomic E-state index is 4.06. The van der Waals surface area contributed by atoms with Gasteiger partial charge in [0.15, 0.2) is 3.70 Å². The Balaban J connectivity index is 2.55. The minimum Gasteiger partial charge on any atom is -0.206 e. The molecule has 2 aromatic rings. The molecule has 3 nitrogen and oxygen atoms in total. The standard InChI is InChI=1S/C8H4BrI2N3/c9-5-2-1-3-6(4-5)14-8(11)7(10)12-13-14/h1-4H. The van der Waals surface area contributed by atoms with Crippen molar-refractivity contribution in [2.24, 2.45) is 0 Å². The molecule has 0 saturated heterocycles. The predicted molar refractivity (Wildman–Crippen MR) is 74.5 cm³/mol. The molecule has 0 N–H and O–H groups in total. The van der Waals surface area contributed by atoms with Crippen LogP contribution in [0.1, 0.15) is 0 Å². The molecule has 0 unspecified atom stereocenters. The quantitative estimate of drug-likeness (QED) is 0.593. The van der Waals surface area contributed by atoms with Crippen molar-refractivity contribution < 1.29 is 0 Å². The van der Waals surface area contributed by atoms with Crippen LogP contribution in [0, 0.1) is 7.40 Å². The summed E-state index contributed by atoms with van der Waals surface area (Å²) in [5, 5.41) is 8.06. The lowest BCUT2D eigenvalue weighted by molar-refractivity contribution is 0.789. The van der Waals surface area contributed by atoms with E-state index in [0.29, 0.717) is 0 Å². The van der Waals surface area contributed by atoms with Gasteiger partial charge < -0.3 is 0 Å². The third kappa shape index (κ3) is 2.11. The average molecular weight is 476 g/mol.